The van der Waals surface area contributed by atoms with Crippen molar-refractivity contribution >= 4 is 23.1 Å². The number of nitrogens with one attached hydrogen (secondary N) is 1. The third-order valence-electron chi connectivity index (χ3n) is 3.37. The van der Waals surface area contributed by atoms with E-state index in [0.29, 0.717) is 28.3 Å². The second-order valence-electron chi connectivity index (χ2n) is 4.95. The van der Waals surface area contributed by atoms with Crippen LogP contribution in [0.25, 0.3) is 0 Å². The quantitative estimate of drug-likeness (QED) is 0.653. The van der Waals surface area contributed by atoms with E-state index in [2.05, 4.69) is 5.32 Å². The second kappa shape index (κ2) is 4.94. The van der Waals surface area contributed by atoms with Crippen LogP contribution in [0.3, 0.4) is 0 Å². The Morgan fingerprint density at radius 1 is 1.24 bits per heavy atom. The van der Waals surface area contributed by atoms with Crippen molar-refractivity contribution in [1.29, 1.82) is 0 Å². The minimum absolute atomic E-state index is 0.00262. The van der Waals surface area contributed by atoms with E-state index in [9.17, 15) is 9.59 Å². The Balaban J connectivity index is 1.98. The van der Waals surface area contributed by atoms with Crippen LogP contribution >= 0.6 is 0 Å². The van der Waals surface area contributed by atoms with Crippen molar-refractivity contribution in [2.45, 2.75) is 6.92 Å². The summed E-state index contributed by atoms with van der Waals surface area (Å²) in [7, 11) is 0. The summed E-state index contributed by atoms with van der Waals surface area (Å²) in [5, 5.41) is 2.69. The summed E-state index contributed by atoms with van der Waals surface area (Å²) in [6.45, 7) is 1.84. The Morgan fingerprint density at radius 2 is 2.05 bits per heavy atom. The summed E-state index contributed by atoms with van der Waals surface area (Å²) < 4.78 is 5.28. The van der Waals surface area contributed by atoms with Crippen LogP contribution in [0.5, 0.6) is 5.75 Å². The molecule has 0 aromatic heterocycles. The van der Waals surface area contributed by atoms with Crippen molar-refractivity contribution in [2.75, 3.05) is 17.7 Å². The number of carbonyl (C=O) groups is 2. The average Bonchev–Trinajstić information content (AvgIpc) is 2.46. The molecule has 0 unspecified atom stereocenters. The molecule has 3 N–H and O–H groups in total. The first-order valence-corrected chi connectivity index (χ1v) is 6.52. The largest absolute Gasteiger partial charge is 0.482 e. The molecule has 0 saturated carbocycles. The first-order valence-electron chi connectivity index (χ1n) is 6.52. The molecule has 5 heteroatoms. The summed E-state index contributed by atoms with van der Waals surface area (Å²) in [6, 6.07) is 10.2. The Morgan fingerprint density at radius 3 is 2.81 bits per heavy atom. The molecule has 1 amide bonds. The lowest BCUT2D eigenvalue weighted by Crippen LogP contribution is -2.25. The maximum atomic E-state index is 12.6. The van der Waals surface area contributed by atoms with Gasteiger partial charge in [0.2, 0.25) is 0 Å². The van der Waals surface area contributed by atoms with Gasteiger partial charge in [0, 0.05) is 16.8 Å². The number of benzene rings is 2. The Kier molecular flexibility index (Phi) is 3.10. The van der Waals surface area contributed by atoms with Gasteiger partial charge in [-0.05, 0) is 48.9 Å². The predicted molar refractivity (Wildman–Crippen MR) is 79.6 cm³/mol. The summed E-state index contributed by atoms with van der Waals surface area (Å²) in [5.41, 5.74) is 8.74. The van der Waals surface area contributed by atoms with Crippen molar-refractivity contribution in [1.82, 2.24) is 0 Å². The van der Waals surface area contributed by atoms with Crippen LogP contribution in [-0.4, -0.2) is 18.3 Å². The van der Waals surface area contributed by atoms with Crippen molar-refractivity contribution in [3.63, 3.8) is 0 Å². The van der Waals surface area contributed by atoms with Crippen LogP contribution in [0.15, 0.2) is 36.4 Å². The van der Waals surface area contributed by atoms with Gasteiger partial charge in [-0.15, -0.1) is 0 Å². The summed E-state index contributed by atoms with van der Waals surface area (Å²) >= 11 is 0. The van der Waals surface area contributed by atoms with Gasteiger partial charge in [0.1, 0.15) is 5.75 Å². The molecule has 2 aromatic rings. The molecule has 0 aliphatic carbocycles. The topological polar surface area (TPSA) is 81.4 Å². The molecule has 0 spiro atoms. The van der Waals surface area contributed by atoms with Crippen molar-refractivity contribution in [2.24, 2.45) is 0 Å². The predicted octanol–water partition coefficient (Wildman–Crippen LogP) is 2.14. The number of fused-ring (bicyclic) bond motifs is 1. The van der Waals surface area contributed by atoms with Crippen molar-refractivity contribution < 1.29 is 14.3 Å². The normalized spacial score (nSPS) is 13.1. The van der Waals surface area contributed by atoms with Gasteiger partial charge < -0.3 is 15.8 Å². The van der Waals surface area contributed by atoms with Crippen LogP contribution in [-0.2, 0) is 4.79 Å². The lowest BCUT2D eigenvalue weighted by atomic mass is 9.98. The number of nitrogens with two attached hydrogens (primary N) is 1. The fourth-order valence-corrected chi connectivity index (χ4v) is 2.32. The zero-order valence-corrected chi connectivity index (χ0v) is 11.5. The molecule has 106 valence electrons. The molecular weight excluding hydrogens is 268 g/mol. The van der Waals surface area contributed by atoms with Gasteiger partial charge in [-0.2, -0.15) is 0 Å². The molecule has 3 rings (SSSR count). The summed E-state index contributed by atoms with van der Waals surface area (Å²) in [4.78, 5) is 23.9. The fraction of sp³-hybridized carbons (Fsp3) is 0.125. The molecule has 0 radical (unpaired) electrons. The highest BCUT2D eigenvalue weighted by Gasteiger charge is 2.19. The SMILES string of the molecule is Cc1cc(N)ccc1C(=O)c1ccc2c(c1)NC(=O)CO2. The molecule has 21 heavy (non-hydrogen) atoms. The number of amides is 1. The van der Waals surface area contributed by atoms with Gasteiger partial charge in [0.25, 0.3) is 5.91 Å². The van der Waals surface area contributed by atoms with Gasteiger partial charge in [-0.1, -0.05) is 0 Å². The molecule has 1 heterocycles. The number of nitrogen functional groups attached to an aromatic ring is 1. The van der Waals surface area contributed by atoms with Crippen LogP contribution in [0, 0.1) is 6.92 Å². The number of ether oxygens (including phenoxy) is 1. The number of rotatable bonds is 2. The van der Waals surface area contributed by atoms with Crippen molar-refractivity contribution in [3.8, 4) is 5.75 Å². The van der Waals surface area contributed by atoms with Gasteiger partial charge in [-0.3, -0.25) is 9.59 Å². The Hall–Kier alpha value is -2.82. The van der Waals surface area contributed by atoms with E-state index in [1.54, 1.807) is 36.4 Å². The molecule has 2 aromatic carbocycles. The Labute approximate surface area is 121 Å². The number of hydrogen-bond acceptors (Lipinski definition) is 4. The fourth-order valence-electron chi connectivity index (χ4n) is 2.32. The lowest BCUT2D eigenvalue weighted by Gasteiger charge is -2.18. The van der Waals surface area contributed by atoms with Gasteiger partial charge >= 0.3 is 0 Å². The molecule has 0 bridgehead atoms. The van der Waals surface area contributed by atoms with E-state index in [4.69, 9.17) is 10.5 Å². The summed E-state index contributed by atoms with van der Waals surface area (Å²) in [6.07, 6.45) is 0. The van der Waals surface area contributed by atoms with E-state index >= 15 is 0 Å². The molecule has 0 fully saturated rings. The van der Waals surface area contributed by atoms with Crippen LogP contribution in [0.2, 0.25) is 0 Å². The van der Waals surface area contributed by atoms with Gasteiger partial charge in [-0.25, -0.2) is 0 Å². The number of hydrogen-bond donors (Lipinski definition) is 2. The van der Waals surface area contributed by atoms with E-state index < -0.39 is 0 Å². The lowest BCUT2D eigenvalue weighted by molar-refractivity contribution is -0.118. The maximum Gasteiger partial charge on any atom is 0.262 e. The molecule has 0 saturated heterocycles. The minimum Gasteiger partial charge on any atom is -0.482 e. The molecule has 1 aliphatic heterocycles. The van der Waals surface area contributed by atoms with Gasteiger partial charge in [0.05, 0.1) is 5.69 Å². The first kappa shape index (κ1) is 13.2. The molecule has 5 nitrogen and oxygen atoms in total. The number of aryl methyl sites for hydroxylation is 1. The van der Waals surface area contributed by atoms with Crippen LogP contribution in [0.4, 0.5) is 11.4 Å². The standard InChI is InChI=1S/C16H14N2O3/c1-9-6-11(17)3-4-12(9)16(20)10-2-5-14-13(7-10)18-15(19)8-21-14/h2-7H,8,17H2,1H3,(H,18,19). The van der Waals surface area contributed by atoms with E-state index in [0.717, 1.165) is 5.56 Å². The zero-order chi connectivity index (χ0) is 15.0. The highest BCUT2D eigenvalue weighted by molar-refractivity contribution is 6.11. The minimum atomic E-state index is -0.226. The zero-order valence-electron chi connectivity index (χ0n) is 11.5. The second-order valence-corrected chi connectivity index (χ2v) is 4.95. The molecule has 0 atom stereocenters. The van der Waals surface area contributed by atoms with Crippen LogP contribution in [0.1, 0.15) is 21.5 Å². The Bertz CT molecular complexity index is 753. The van der Waals surface area contributed by atoms with Crippen LogP contribution < -0.4 is 15.8 Å². The third kappa shape index (κ3) is 2.45. The summed E-state index contributed by atoms with van der Waals surface area (Å²) in [5.74, 6) is 0.228. The number of anilines is 2. The highest BCUT2D eigenvalue weighted by atomic mass is 16.5. The number of carbonyl (C=O) groups excluding carboxylic acids is 2. The number of ketones is 1. The van der Waals surface area contributed by atoms with E-state index in [-0.39, 0.29) is 18.3 Å². The molecule has 1 aliphatic rings. The monoisotopic (exact) mass is 282 g/mol. The first-order chi connectivity index (χ1) is 10.0. The smallest absolute Gasteiger partial charge is 0.262 e. The highest BCUT2D eigenvalue weighted by Crippen LogP contribution is 2.29. The van der Waals surface area contributed by atoms with E-state index in [1.165, 1.54) is 0 Å². The van der Waals surface area contributed by atoms with Gasteiger partial charge in [0.15, 0.2) is 12.4 Å². The van der Waals surface area contributed by atoms with E-state index in [1.807, 2.05) is 6.92 Å². The molecular formula is C16H14N2O3. The van der Waals surface area contributed by atoms with Crippen molar-refractivity contribution in [3.05, 3.63) is 53.1 Å². The maximum absolute atomic E-state index is 12.6. The third-order valence-corrected chi connectivity index (χ3v) is 3.37. The average molecular weight is 282 g/mol.